The Morgan fingerprint density at radius 1 is 1.19 bits per heavy atom. The normalized spacial score (nSPS) is 11.1. The van der Waals surface area contributed by atoms with Gasteiger partial charge >= 0.3 is 0 Å². The first-order valence-electron chi connectivity index (χ1n) is 4.95. The molecule has 0 radical (unpaired) electrons. The number of rotatable bonds is 1. The Hall–Kier alpha value is -2.23. The lowest BCUT2D eigenvalue weighted by atomic mass is 10.1. The number of anilines is 1. The number of hydrogen-bond donors (Lipinski definition) is 1. The van der Waals surface area contributed by atoms with Crippen molar-refractivity contribution >= 4 is 16.9 Å². The zero-order valence-electron chi connectivity index (χ0n) is 8.73. The second-order valence-electron chi connectivity index (χ2n) is 3.72. The highest BCUT2D eigenvalue weighted by molar-refractivity contribution is 5.83. The summed E-state index contributed by atoms with van der Waals surface area (Å²) in [5, 5.41) is 4.92. The Morgan fingerprint density at radius 2 is 2.06 bits per heavy atom. The van der Waals surface area contributed by atoms with Crippen LogP contribution in [-0.4, -0.2) is 5.16 Å². The quantitative estimate of drug-likeness (QED) is 0.676. The lowest BCUT2D eigenvalue weighted by Crippen LogP contribution is -1.77. The van der Waals surface area contributed by atoms with E-state index in [9.17, 15) is 0 Å². The molecule has 0 unspecified atom stereocenters. The van der Waals surface area contributed by atoms with Gasteiger partial charge in [-0.3, -0.25) is 0 Å². The van der Waals surface area contributed by atoms with Crippen molar-refractivity contribution in [2.75, 3.05) is 5.73 Å². The van der Waals surface area contributed by atoms with E-state index in [4.69, 9.17) is 14.7 Å². The molecule has 0 aliphatic heterocycles. The summed E-state index contributed by atoms with van der Waals surface area (Å²) in [5.74, 6) is 1.21. The van der Waals surface area contributed by atoms with Gasteiger partial charge in [0.1, 0.15) is 17.0 Å². The van der Waals surface area contributed by atoms with Gasteiger partial charge in [0, 0.05) is 17.0 Å². The fraction of sp³-hybridized carbons (Fsp3) is 0.0833. The molecule has 2 heterocycles. The summed E-state index contributed by atoms with van der Waals surface area (Å²) in [4.78, 5) is 0. The third kappa shape index (κ3) is 1.35. The number of fused-ring (bicyclic) bond motifs is 1. The molecule has 0 saturated carbocycles. The van der Waals surface area contributed by atoms with E-state index in [1.54, 1.807) is 6.07 Å². The summed E-state index contributed by atoms with van der Waals surface area (Å²) >= 11 is 0. The van der Waals surface area contributed by atoms with Gasteiger partial charge in [-0.15, -0.1) is 0 Å². The van der Waals surface area contributed by atoms with E-state index in [0.29, 0.717) is 5.88 Å². The molecular formula is C12H10N2O2. The van der Waals surface area contributed by atoms with E-state index in [1.807, 2.05) is 31.2 Å². The molecule has 4 heteroatoms. The fourth-order valence-electron chi connectivity index (χ4n) is 1.76. The number of aromatic nitrogens is 1. The van der Waals surface area contributed by atoms with E-state index < -0.39 is 0 Å². The van der Waals surface area contributed by atoms with Crippen molar-refractivity contribution in [1.82, 2.24) is 5.16 Å². The van der Waals surface area contributed by atoms with Gasteiger partial charge in [-0.05, 0) is 31.2 Å². The van der Waals surface area contributed by atoms with Crippen molar-refractivity contribution < 1.29 is 8.94 Å². The highest BCUT2D eigenvalue weighted by Gasteiger charge is 2.06. The maximum absolute atomic E-state index is 5.50. The van der Waals surface area contributed by atoms with Gasteiger partial charge in [-0.25, -0.2) is 0 Å². The van der Waals surface area contributed by atoms with Crippen molar-refractivity contribution in [2.45, 2.75) is 6.92 Å². The van der Waals surface area contributed by atoms with Crippen molar-refractivity contribution in [1.29, 1.82) is 0 Å². The number of benzene rings is 1. The SMILES string of the molecule is Cc1cc2cc(-c3cc(N)on3)ccc2o1. The summed E-state index contributed by atoms with van der Waals surface area (Å²) in [6, 6.07) is 9.55. The number of nitrogens with two attached hydrogens (primary N) is 1. The Morgan fingerprint density at radius 3 is 2.81 bits per heavy atom. The molecule has 0 aliphatic rings. The number of aryl methyl sites for hydroxylation is 1. The van der Waals surface area contributed by atoms with Crippen molar-refractivity contribution in [3.63, 3.8) is 0 Å². The number of nitrogens with zero attached hydrogens (tertiary/aromatic N) is 1. The number of furan rings is 1. The maximum Gasteiger partial charge on any atom is 0.222 e. The summed E-state index contributed by atoms with van der Waals surface area (Å²) in [7, 11) is 0. The standard InChI is InChI=1S/C12H10N2O2/c1-7-4-9-5-8(2-3-11(9)15-7)10-6-12(13)16-14-10/h2-6H,13H2,1H3. The smallest absolute Gasteiger partial charge is 0.222 e. The van der Waals surface area contributed by atoms with Gasteiger partial charge in [-0.2, -0.15) is 0 Å². The topological polar surface area (TPSA) is 65.2 Å². The van der Waals surface area contributed by atoms with Crippen LogP contribution in [0, 0.1) is 6.92 Å². The van der Waals surface area contributed by atoms with Crippen LogP contribution >= 0.6 is 0 Å². The molecule has 4 nitrogen and oxygen atoms in total. The average molecular weight is 214 g/mol. The lowest BCUT2D eigenvalue weighted by Gasteiger charge is -1.94. The highest BCUT2D eigenvalue weighted by Crippen LogP contribution is 2.26. The first-order valence-corrected chi connectivity index (χ1v) is 4.95. The van der Waals surface area contributed by atoms with E-state index in [2.05, 4.69) is 5.16 Å². The molecule has 0 bridgehead atoms. The van der Waals surface area contributed by atoms with Gasteiger partial charge in [-0.1, -0.05) is 5.16 Å². The Balaban J connectivity index is 2.17. The molecule has 2 aromatic heterocycles. The average Bonchev–Trinajstić information content (AvgIpc) is 2.81. The summed E-state index contributed by atoms with van der Waals surface area (Å²) < 4.78 is 10.3. The van der Waals surface area contributed by atoms with Gasteiger partial charge in [0.15, 0.2) is 0 Å². The lowest BCUT2D eigenvalue weighted by molar-refractivity contribution is 0.439. The summed E-state index contributed by atoms with van der Waals surface area (Å²) in [6.45, 7) is 1.92. The van der Waals surface area contributed by atoms with Crippen LogP contribution in [0.3, 0.4) is 0 Å². The Labute approximate surface area is 91.6 Å². The third-order valence-corrected chi connectivity index (χ3v) is 2.46. The molecule has 1 aromatic carbocycles. The van der Waals surface area contributed by atoms with Gasteiger partial charge in [0.05, 0.1) is 0 Å². The molecule has 0 spiro atoms. The van der Waals surface area contributed by atoms with Crippen molar-refractivity contribution in [3.8, 4) is 11.3 Å². The van der Waals surface area contributed by atoms with Crippen LogP contribution in [0.5, 0.6) is 0 Å². The first-order chi connectivity index (χ1) is 7.72. The van der Waals surface area contributed by atoms with E-state index in [1.165, 1.54) is 0 Å². The van der Waals surface area contributed by atoms with Crippen molar-refractivity contribution in [2.24, 2.45) is 0 Å². The van der Waals surface area contributed by atoms with Crippen LogP contribution in [0.4, 0.5) is 5.88 Å². The first kappa shape index (κ1) is 9.03. The summed E-state index contributed by atoms with van der Waals surface area (Å²) in [5.41, 5.74) is 8.06. The van der Waals surface area contributed by atoms with Gasteiger partial charge in [0.2, 0.25) is 5.88 Å². The Bertz CT molecular complexity index is 652. The largest absolute Gasteiger partial charge is 0.461 e. The minimum absolute atomic E-state index is 0.318. The number of nitrogen functional groups attached to an aromatic ring is 1. The second-order valence-corrected chi connectivity index (χ2v) is 3.72. The third-order valence-electron chi connectivity index (χ3n) is 2.46. The fourth-order valence-corrected chi connectivity index (χ4v) is 1.76. The van der Waals surface area contributed by atoms with Crippen molar-refractivity contribution in [3.05, 3.63) is 36.1 Å². The maximum atomic E-state index is 5.50. The zero-order chi connectivity index (χ0) is 11.1. The van der Waals surface area contributed by atoms with Crippen LogP contribution in [0.25, 0.3) is 22.2 Å². The minimum atomic E-state index is 0.318. The molecule has 80 valence electrons. The molecule has 0 amide bonds. The van der Waals surface area contributed by atoms with E-state index in [-0.39, 0.29) is 0 Å². The van der Waals surface area contributed by atoms with Gasteiger partial charge < -0.3 is 14.7 Å². The van der Waals surface area contributed by atoms with Crippen LogP contribution in [-0.2, 0) is 0 Å². The monoisotopic (exact) mass is 214 g/mol. The molecule has 0 fully saturated rings. The summed E-state index contributed by atoms with van der Waals surface area (Å²) in [6.07, 6.45) is 0. The molecule has 0 aliphatic carbocycles. The minimum Gasteiger partial charge on any atom is -0.461 e. The van der Waals surface area contributed by atoms with Crippen LogP contribution < -0.4 is 5.73 Å². The van der Waals surface area contributed by atoms with Crippen LogP contribution in [0.15, 0.2) is 39.3 Å². The molecule has 3 aromatic rings. The van der Waals surface area contributed by atoms with Gasteiger partial charge in [0.25, 0.3) is 0 Å². The molecule has 16 heavy (non-hydrogen) atoms. The molecule has 0 atom stereocenters. The molecular weight excluding hydrogens is 204 g/mol. The zero-order valence-corrected chi connectivity index (χ0v) is 8.73. The Kier molecular flexibility index (Phi) is 1.77. The second kappa shape index (κ2) is 3.13. The predicted molar refractivity (Wildman–Crippen MR) is 60.9 cm³/mol. The molecule has 3 rings (SSSR count). The van der Waals surface area contributed by atoms with E-state index in [0.717, 1.165) is 28.0 Å². The van der Waals surface area contributed by atoms with Crippen LogP contribution in [0.2, 0.25) is 0 Å². The predicted octanol–water partition coefficient (Wildman–Crippen LogP) is 2.98. The highest BCUT2D eigenvalue weighted by atomic mass is 16.5. The number of hydrogen-bond acceptors (Lipinski definition) is 4. The molecule has 2 N–H and O–H groups in total. The molecule has 0 saturated heterocycles. The van der Waals surface area contributed by atoms with E-state index >= 15 is 0 Å². The van der Waals surface area contributed by atoms with Crippen LogP contribution in [0.1, 0.15) is 5.76 Å².